The van der Waals surface area contributed by atoms with Crippen LogP contribution in [0.2, 0.25) is 0 Å². The highest BCUT2D eigenvalue weighted by Gasteiger charge is 2.36. The Bertz CT molecular complexity index is 2700. The molecule has 432 valence electrons. The Morgan fingerprint density at radius 2 is 1.23 bits per heavy atom. The van der Waals surface area contributed by atoms with Crippen molar-refractivity contribution in [3.05, 3.63) is 71.4 Å². The fourth-order valence-corrected chi connectivity index (χ4v) is 9.92. The zero-order chi connectivity index (χ0) is 58.8. The molecule has 4 N–H and O–H groups in total. The van der Waals surface area contributed by atoms with Gasteiger partial charge in [0.15, 0.2) is 17.8 Å². The summed E-state index contributed by atoms with van der Waals surface area (Å²) in [5.41, 5.74) is 0.822. The van der Waals surface area contributed by atoms with Gasteiger partial charge in [0, 0.05) is 75.6 Å². The lowest BCUT2D eigenvalue weighted by Gasteiger charge is -2.27. The second-order valence-electron chi connectivity index (χ2n) is 23.4. The molecular weight excluding hydrogens is 1030 g/mol. The zero-order valence-corrected chi connectivity index (χ0v) is 49.4. The quantitative estimate of drug-likeness (QED) is 0.0234. The van der Waals surface area contributed by atoms with Crippen LogP contribution in [-0.4, -0.2) is 102 Å². The molecule has 0 spiro atoms. The van der Waals surface area contributed by atoms with Crippen molar-refractivity contribution in [2.45, 2.75) is 200 Å². The van der Waals surface area contributed by atoms with Crippen LogP contribution in [0.5, 0.6) is 0 Å². The van der Waals surface area contributed by atoms with E-state index in [1.54, 1.807) is 87.9 Å². The first-order valence-corrected chi connectivity index (χ1v) is 28.2. The van der Waals surface area contributed by atoms with Crippen molar-refractivity contribution in [1.82, 2.24) is 21.3 Å². The Morgan fingerprint density at radius 3 is 1.85 bits per heavy atom. The number of ether oxygens (including phenoxy) is 3. The number of nitrogens with zero attached hydrogens (tertiary/aromatic N) is 2. The minimum absolute atomic E-state index is 0.0961. The molecular formula is C60H85N6O12S+. The van der Waals surface area contributed by atoms with Gasteiger partial charge in [-0.1, -0.05) is 49.9 Å². The number of aromatic nitrogens is 1. The summed E-state index contributed by atoms with van der Waals surface area (Å²) in [4.78, 5) is 123. The van der Waals surface area contributed by atoms with Crippen molar-refractivity contribution in [3.8, 4) is 0 Å². The van der Waals surface area contributed by atoms with Gasteiger partial charge in [-0.05, 0) is 124 Å². The minimum atomic E-state index is -1.44. The van der Waals surface area contributed by atoms with Gasteiger partial charge in [-0.25, -0.2) is 0 Å². The smallest absolute Gasteiger partial charge is 0.308 e. The number of carbonyl (C=O) groups excluding carboxylic acids is 9. The third-order valence-corrected chi connectivity index (χ3v) is 13.7. The normalized spacial score (nSPS) is 14.6. The molecule has 18 nitrogen and oxygen atoms in total. The van der Waals surface area contributed by atoms with Crippen LogP contribution in [0.1, 0.15) is 159 Å². The highest BCUT2D eigenvalue weighted by molar-refractivity contribution is 8.03. The predicted molar refractivity (Wildman–Crippen MR) is 304 cm³/mol. The van der Waals surface area contributed by atoms with E-state index in [9.17, 15) is 43.2 Å². The van der Waals surface area contributed by atoms with Crippen LogP contribution in [0.4, 0.5) is 5.69 Å². The fourth-order valence-electron chi connectivity index (χ4n) is 8.82. The Hall–Kier alpha value is -6.63. The van der Waals surface area contributed by atoms with E-state index >= 15 is 0 Å². The third kappa shape index (κ3) is 22.6. The average Bonchev–Trinajstić information content (AvgIpc) is 3.72. The number of hydrogen-bond acceptors (Lipinski definition) is 14. The van der Waals surface area contributed by atoms with Crippen LogP contribution in [0.15, 0.2) is 70.7 Å². The highest BCUT2D eigenvalue weighted by Crippen LogP contribution is 2.45. The van der Waals surface area contributed by atoms with Gasteiger partial charge in [0.25, 0.3) is 0 Å². The number of pyridine rings is 1. The van der Waals surface area contributed by atoms with Crippen LogP contribution >= 0.6 is 11.8 Å². The number of hydrogen-bond donors (Lipinski definition) is 4. The Morgan fingerprint density at radius 1 is 0.633 bits per heavy atom. The van der Waals surface area contributed by atoms with Gasteiger partial charge in [-0.3, -0.25) is 43.2 Å². The monoisotopic (exact) mass is 1110 g/mol. The molecule has 0 aliphatic carbocycles. The number of esters is 3. The molecule has 1 aromatic heterocycles. The van der Waals surface area contributed by atoms with E-state index in [0.717, 1.165) is 47.8 Å². The number of thioether (sulfide) groups is 1. The molecule has 79 heavy (non-hydrogen) atoms. The first-order chi connectivity index (χ1) is 36.9. The van der Waals surface area contributed by atoms with Crippen molar-refractivity contribution < 1.29 is 61.9 Å². The topological polar surface area (TPSA) is 237 Å². The standard InChI is InChI=1S/C60H84N6O12S/c1-38(2)42(35-49(69)43(28-29-53(71)76-58(4,5)6)63-57(75)45(62-39(3)67)37-55(73)78-60(10,11)12)56(74)64-44(36-54(72)77-59(7,8)9)48(68)25-21-31-61-51(70)27-15-14-20-32-66-33-30-40(41-22-16-17-23-46(41)66)34-52-65(13)47-24-18-19-26-50(47)79-52/h16-19,22-24,26,30,33-34,38,42-45H,14-15,20-21,25,27-29,31-32,35-37H2,1-13H3,(H3-,61,62,63,64,67,70,74,75)/p+1/t42-,43-,44-,45-/m0/s1. The molecule has 4 rings (SSSR count). The van der Waals surface area contributed by atoms with E-state index in [1.165, 1.54) is 10.6 Å². The maximum absolute atomic E-state index is 14.2. The number of benzene rings is 2. The van der Waals surface area contributed by atoms with Gasteiger partial charge in [-0.2, -0.15) is 4.57 Å². The summed E-state index contributed by atoms with van der Waals surface area (Å²) in [5.74, 6) is -7.30. The number of Topliss-reactive ketones (excluding diaryl/α,β-unsaturated/α-hetero) is 2. The highest BCUT2D eigenvalue weighted by atomic mass is 32.2. The second-order valence-corrected chi connectivity index (χ2v) is 24.5. The van der Waals surface area contributed by atoms with Gasteiger partial charge >= 0.3 is 17.9 Å². The molecule has 1 aliphatic heterocycles. The lowest BCUT2D eigenvalue weighted by molar-refractivity contribution is -0.671. The first kappa shape index (κ1) is 64.9. The van der Waals surface area contributed by atoms with Crippen LogP contribution < -0.4 is 30.7 Å². The van der Waals surface area contributed by atoms with Crippen molar-refractivity contribution in [3.63, 3.8) is 0 Å². The molecule has 0 radical (unpaired) electrons. The summed E-state index contributed by atoms with van der Waals surface area (Å²) in [5, 5.41) is 12.9. The molecule has 1 aliphatic rings. The molecule has 2 aromatic carbocycles. The number of rotatable bonds is 28. The first-order valence-electron chi connectivity index (χ1n) is 27.4. The zero-order valence-electron chi connectivity index (χ0n) is 48.6. The Labute approximate surface area is 470 Å². The molecule has 4 amide bonds. The van der Waals surface area contributed by atoms with E-state index in [0.29, 0.717) is 12.8 Å². The van der Waals surface area contributed by atoms with Crippen LogP contribution in [-0.2, 0) is 63.9 Å². The lowest BCUT2D eigenvalue weighted by atomic mass is 9.86. The maximum Gasteiger partial charge on any atom is 0.308 e. The molecule has 0 bridgehead atoms. The molecule has 4 atom stereocenters. The number of fused-ring (bicyclic) bond motifs is 2. The minimum Gasteiger partial charge on any atom is -0.460 e. The Balaban J connectivity index is 1.35. The van der Waals surface area contributed by atoms with Crippen LogP contribution in [0.25, 0.3) is 17.0 Å². The Kier molecular flexibility index (Phi) is 24.3. The van der Waals surface area contributed by atoms with Gasteiger partial charge in [0.05, 0.1) is 41.0 Å². The maximum atomic E-state index is 14.2. The number of anilines is 1. The summed E-state index contributed by atoms with van der Waals surface area (Å²) < 4.78 is 18.6. The van der Waals surface area contributed by atoms with Crippen molar-refractivity contribution >= 4 is 87.5 Å². The number of carbonyl (C=O) groups is 9. The van der Waals surface area contributed by atoms with Crippen LogP contribution in [0.3, 0.4) is 0 Å². The van der Waals surface area contributed by atoms with Crippen molar-refractivity contribution in [1.29, 1.82) is 0 Å². The number of ketones is 2. The second kappa shape index (κ2) is 29.5. The lowest BCUT2D eigenvalue weighted by Crippen LogP contribution is -2.53. The van der Waals surface area contributed by atoms with Crippen molar-refractivity contribution in [2.24, 2.45) is 11.8 Å². The van der Waals surface area contributed by atoms with Gasteiger partial charge < -0.3 is 40.4 Å². The third-order valence-electron chi connectivity index (χ3n) is 12.5. The number of amides is 4. The average molecular weight is 1110 g/mol. The molecule has 0 unspecified atom stereocenters. The molecule has 2 heterocycles. The largest absolute Gasteiger partial charge is 0.460 e. The van der Waals surface area contributed by atoms with Crippen molar-refractivity contribution in [2.75, 3.05) is 18.5 Å². The number of para-hydroxylation sites is 2. The molecule has 0 saturated heterocycles. The SMILES string of the molecule is CC(=O)N[C@@H](CC(=O)OC(C)(C)C)C(=O)N[C@@H](CCC(=O)OC(C)(C)C)C(=O)C[C@H](C(=O)N[C@@H](CC(=O)OC(C)(C)C)C(=O)CCCNC(=O)CCCCC[n+]1ccc(C=C2Sc3ccccc3N2C)c2ccccc21)C(C)C. The number of nitrogens with one attached hydrogen (secondary N) is 4. The number of aryl methyl sites for hydroxylation is 1. The summed E-state index contributed by atoms with van der Waals surface area (Å²) in [7, 11) is 2.09. The molecule has 3 aromatic rings. The fraction of sp³-hybridized carbons (Fsp3) is 0.567. The molecule has 0 saturated carbocycles. The summed E-state index contributed by atoms with van der Waals surface area (Å²) in [6.07, 6.45) is 5.07. The predicted octanol–water partition coefficient (Wildman–Crippen LogP) is 7.98. The molecule has 0 fully saturated rings. The van der Waals surface area contributed by atoms with E-state index in [1.807, 2.05) is 6.07 Å². The van der Waals surface area contributed by atoms with E-state index in [-0.39, 0.29) is 38.1 Å². The van der Waals surface area contributed by atoms with Crippen LogP contribution in [0, 0.1) is 11.8 Å². The van der Waals surface area contributed by atoms with Gasteiger partial charge in [0.1, 0.15) is 29.4 Å². The van der Waals surface area contributed by atoms with Gasteiger partial charge in [0.2, 0.25) is 29.1 Å². The van der Waals surface area contributed by atoms with E-state index in [2.05, 4.69) is 98.6 Å². The van der Waals surface area contributed by atoms with E-state index < -0.39 is 113 Å². The number of unbranched alkanes of at least 4 members (excludes halogenated alkanes) is 2. The summed E-state index contributed by atoms with van der Waals surface area (Å²) in [6, 6.07) is 14.7. The summed E-state index contributed by atoms with van der Waals surface area (Å²) >= 11 is 1.76. The molecule has 19 heteroatoms. The van der Waals surface area contributed by atoms with E-state index in [4.69, 9.17) is 14.2 Å². The summed E-state index contributed by atoms with van der Waals surface area (Å²) in [6.45, 7) is 20.5. The van der Waals surface area contributed by atoms with Gasteiger partial charge in [-0.15, -0.1) is 0 Å².